The summed E-state index contributed by atoms with van der Waals surface area (Å²) in [5.74, 6) is 0.0714. The van der Waals surface area contributed by atoms with Gasteiger partial charge in [0.05, 0.1) is 6.42 Å². The molecule has 156 valence electrons. The van der Waals surface area contributed by atoms with Crippen LogP contribution in [0.4, 0.5) is 11.4 Å². The highest BCUT2D eigenvalue weighted by Gasteiger charge is 2.17. The Labute approximate surface area is 181 Å². The van der Waals surface area contributed by atoms with Crippen LogP contribution in [0.3, 0.4) is 0 Å². The summed E-state index contributed by atoms with van der Waals surface area (Å²) in [7, 11) is 0. The first-order chi connectivity index (χ1) is 15.1. The number of aromatic nitrogens is 1. The molecule has 1 aliphatic rings. The van der Waals surface area contributed by atoms with Crippen LogP contribution in [-0.4, -0.2) is 16.4 Å². The number of rotatable bonds is 6. The molecule has 5 nitrogen and oxygen atoms in total. The summed E-state index contributed by atoms with van der Waals surface area (Å²) in [6.45, 7) is 3.06. The highest BCUT2D eigenvalue weighted by atomic mass is 16.2. The Balaban J connectivity index is 1.25. The number of hydrogen-bond acceptors (Lipinski definition) is 2. The van der Waals surface area contributed by atoms with Crippen LogP contribution in [0, 0.1) is 0 Å². The Kier molecular flexibility index (Phi) is 4.94. The van der Waals surface area contributed by atoms with Crippen molar-refractivity contribution in [1.82, 2.24) is 4.57 Å². The van der Waals surface area contributed by atoms with Crippen molar-refractivity contribution in [2.24, 2.45) is 0 Å². The Bertz CT molecular complexity index is 1320. The average Bonchev–Trinajstić information content (AvgIpc) is 3.29. The molecular weight excluding hydrogens is 386 g/mol. The van der Waals surface area contributed by atoms with Gasteiger partial charge in [0, 0.05) is 46.1 Å². The Morgan fingerprint density at radius 1 is 1.03 bits per heavy atom. The van der Waals surface area contributed by atoms with E-state index >= 15 is 0 Å². The predicted octanol–water partition coefficient (Wildman–Crippen LogP) is 5.27. The summed E-state index contributed by atoms with van der Waals surface area (Å²) in [5, 5.41) is 8.28. The standard InChI is InChI=1S/C26H25N3O2/c1-2-29-23-8-4-3-7-20(23)21-16-19(11-13-24(21)29)27-25(30)9-5-6-17-10-12-22-18(14-17)15-26(31)28-22/h3-4,7-8,10-14,16H,2,5-6,9,15H2,1H3,(H,27,30)(H,28,31). The van der Waals surface area contributed by atoms with E-state index in [0.29, 0.717) is 12.8 Å². The monoisotopic (exact) mass is 411 g/mol. The van der Waals surface area contributed by atoms with E-state index in [9.17, 15) is 9.59 Å². The summed E-state index contributed by atoms with van der Waals surface area (Å²) in [5.41, 5.74) is 6.36. The van der Waals surface area contributed by atoms with Crippen molar-refractivity contribution in [1.29, 1.82) is 0 Å². The average molecular weight is 412 g/mol. The molecule has 5 heteroatoms. The van der Waals surface area contributed by atoms with Gasteiger partial charge in [0.15, 0.2) is 0 Å². The Morgan fingerprint density at radius 3 is 2.74 bits per heavy atom. The van der Waals surface area contributed by atoms with Gasteiger partial charge in [-0.2, -0.15) is 0 Å². The van der Waals surface area contributed by atoms with Crippen LogP contribution >= 0.6 is 0 Å². The molecule has 0 spiro atoms. The molecule has 0 fully saturated rings. The van der Waals surface area contributed by atoms with Crippen LogP contribution < -0.4 is 10.6 Å². The van der Waals surface area contributed by atoms with Gasteiger partial charge < -0.3 is 15.2 Å². The summed E-state index contributed by atoms with van der Waals surface area (Å²) in [6.07, 6.45) is 2.49. The minimum absolute atomic E-state index is 0.0246. The van der Waals surface area contributed by atoms with E-state index < -0.39 is 0 Å². The maximum absolute atomic E-state index is 12.5. The third kappa shape index (κ3) is 3.67. The number of carbonyl (C=O) groups excluding carboxylic acids is 2. The quantitative estimate of drug-likeness (QED) is 0.454. The van der Waals surface area contributed by atoms with Crippen molar-refractivity contribution < 1.29 is 9.59 Å². The number of anilines is 2. The zero-order valence-corrected chi connectivity index (χ0v) is 17.6. The second-order valence-electron chi connectivity index (χ2n) is 8.11. The molecular formula is C26H25N3O2. The van der Waals surface area contributed by atoms with Crippen molar-refractivity contribution in [3.05, 3.63) is 71.8 Å². The highest BCUT2D eigenvalue weighted by Crippen LogP contribution is 2.31. The highest BCUT2D eigenvalue weighted by molar-refractivity contribution is 6.09. The maximum atomic E-state index is 12.5. The normalized spacial score (nSPS) is 12.9. The van der Waals surface area contributed by atoms with E-state index in [2.05, 4.69) is 64.6 Å². The zero-order chi connectivity index (χ0) is 21.4. The van der Waals surface area contributed by atoms with Crippen molar-refractivity contribution in [2.45, 2.75) is 39.2 Å². The summed E-state index contributed by atoms with van der Waals surface area (Å²) in [4.78, 5) is 24.0. The third-order valence-electron chi connectivity index (χ3n) is 6.04. The second-order valence-corrected chi connectivity index (χ2v) is 8.11. The van der Waals surface area contributed by atoms with Gasteiger partial charge >= 0.3 is 0 Å². The molecule has 0 atom stereocenters. The smallest absolute Gasteiger partial charge is 0.228 e. The first kappa shape index (κ1) is 19.4. The zero-order valence-electron chi connectivity index (χ0n) is 17.6. The van der Waals surface area contributed by atoms with Crippen LogP contribution in [0.2, 0.25) is 0 Å². The largest absolute Gasteiger partial charge is 0.341 e. The molecule has 0 aliphatic carbocycles. The first-order valence-corrected chi connectivity index (χ1v) is 10.8. The van der Waals surface area contributed by atoms with E-state index in [0.717, 1.165) is 47.3 Å². The molecule has 0 radical (unpaired) electrons. The number of nitrogens with zero attached hydrogens (tertiary/aromatic N) is 1. The molecule has 3 aromatic carbocycles. The summed E-state index contributed by atoms with van der Waals surface area (Å²) < 4.78 is 2.30. The number of amides is 2. The second kappa shape index (κ2) is 7.91. The van der Waals surface area contributed by atoms with E-state index in [1.54, 1.807) is 0 Å². The molecule has 0 saturated carbocycles. The fourth-order valence-electron chi connectivity index (χ4n) is 4.59. The fourth-order valence-corrected chi connectivity index (χ4v) is 4.59. The van der Waals surface area contributed by atoms with Crippen LogP contribution in [0.1, 0.15) is 30.9 Å². The lowest BCUT2D eigenvalue weighted by molar-refractivity contribution is -0.116. The van der Waals surface area contributed by atoms with E-state index in [1.807, 2.05) is 18.2 Å². The van der Waals surface area contributed by atoms with Crippen LogP contribution in [0.25, 0.3) is 21.8 Å². The van der Waals surface area contributed by atoms with Crippen molar-refractivity contribution in [3.63, 3.8) is 0 Å². The molecule has 1 aromatic heterocycles. The van der Waals surface area contributed by atoms with Gasteiger partial charge in [0.1, 0.15) is 0 Å². The lowest BCUT2D eigenvalue weighted by Crippen LogP contribution is -2.11. The molecule has 4 aromatic rings. The number of para-hydroxylation sites is 1. The van der Waals surface area contributed by atoms with E-state index in [1.165, 1.54) is 16.4 Å². The van der Waals surface area contributed by atoms with E-state index in [4.69, 9.17) is 0 Å². The number of nitrogens with one attached hydrogen (secondary N) is 2. The molecule has 31 heavy (non-hydrogen) atoms. The van der Waals surface area contributed by atoms with Crippen LogP contribution in [0.5, 0.6) is 0 Å². The lowest BCUT2D eigenvalue weighted by atomic mass is 10.0. The van der Waals surface area contributed by atoms with E-state index in [-0.39, 0.29) is 11.8 Å². The minimum Gasteiger partial charge on any atom is -0.341 e. The van der Waals surface area contributed by atoms with Crippen LogP contribution in [-0.2, 0) is 29.0 Å². The molecule has 1 aliphatic heterocycles. The van der Waals surface area contributed by atoms with Gasteiger partial charge in [-0.1, -0.05) is 30.3 Å². The number of fused-ring (bicyclic) bond motifs is 4. The number of aryl methyl sites for hydroxylation is 2. The first-order valence-electron chi connectivity index (χ1n) is 10.8. The Morgan fingerprint density at radius 2 is 1.87 bits per heavy atom. The maximum Gasteiger partial charge on any atom is 0.228 e. The van der Waals surface area contributed by atoms with Gasteiger partial charge in [-0.15, -0.1) is 0 Å². The molecule has 0 unspecified atom stereocenters. The third-order valence-corrected chi connectivity index (χ3v) is 6.04. The summed E-state index contributed by atoms with van der Waals surface area (Å²) >= 11 is 0. The molecule has 5 rings (SSSR count). The van der Waals surface area contributed by atoms with Crippen LogP contribution in [0.15, 0.2) is 60.7 Å². The Hall–Kier alpha value is -3.60. The lowest BCUT2D eigenvalue weighted by Gasteiger charge is -2.07. The van der Waals surface area contributed by atoms with Gasteiger partial charge in [0.25, 0.3) is 0 Å². The fraction of sp³-hybridized carbons (Fsp3) is 0.231. The number of benzene rings is 3. The van der Waals surface area contributed by atoms with Gasteiger partial charge in [0.2, 0.25) is 11.8 Å². The predicted molar refractivity (Wildman–Crippen MR) is 125 cm³/mol. The SMILES string of the molecule is CCn1c2ccccc2c2cc(NC(=O)CCCc3ccc4c(c3)CC(=O)N4)ccc21. The number of carbonyl (C=O) groups is 2. The van der Waals surface area contributed by atoms with Crippen molar-refractivity contribution in [2.75, 3.05) is 10.6 Å². The number of hydrogen-bond donors (Lipinski definition) is 2. The molecule has 0 bridgehead atoms. The minimum atomic E-state index is 0.0246. The molecule has 2 amide bonds. The van der Waals surface area contributed by atoms with Gasteiger partial charge in [-0.3, -0.25) is 9.59 Å². The molecule has 2 N–H and O–H groups in total. The topological polar surface area (TPSA) is 63.1 Å². The molecule has 0 saturated heterocycles. The van der Waals surface area contributed by atoms with Gasteiger partial charge in [-0.25, -0.2) is 0 Å². The summed E-state index contributed by atoms with van der Waals surface area (Å²) in [6, 6.07) is 20.6. The van der Waals surface area contributed by atoms with Gasteiger partial charge in [-0.05, 0) is 61.2 Å². The molecule has 2 heterocycles. The van der Waals surface area contributed by atoms with Crippen molar-refractivity contribution in [3.8, 4) is 0 Å². The van der Waals surface area contributed by atoms with Crippen molar-refractivity contribution >= 4 is 45.0 Å².